The molecule has 0 atom stereocenters. The molecule has 0 bridgehead atoms. The van der Waals surface area contributed by atoms with Gasteiger partial charge in [-0.1, -0.05) is 83.9 Å². The molecule has 0 amide bonds. The number of pyridine rings is 2. The molecule has 6 heterocycles. The average molecular weight is 772 g/mol. The first-order valence-corrected chi connectivity index (χ1v) is 17.3. The minimum Gasteiger partial charge on any atom is -0.311 e. The lowest BCUT2D eigenvalue weighted by Crippen LogP contribution is -2.18. The molecule has 0 spiro atoms. The van der Waals surface area contributed by atoms with E-state index in [1.54, 1.807) is 67.6 Å². The fraction of sp³-hybridized carbons (Fsp3) is 0.111. The molecule has 16 heteroatoms. The Kier molecular flexibility index (Phi) is 10.4. The first-order chi connectivity index (χ1) is 25.2. The number of rotatable bonds is 8. The number of aromatic nitrogens is 10. The lowest BCUT2D eigenvalue weighted by molar-refractivity contribution is 0.692. The van der Waals surface area contributed by atoms with Crippen LogP contribution in [0, 0.1) is 0 Å². The van der Waals surface area contributed by atoms with Crippen LogP contribution in [0.25, 0.3) is 22.1 Å². The fourth-order valence-electron chi connectivity index (χ4n) is 5.42. The van der Waals surface area contributed by atoms with Crippen molar-refractivity contribution >= 4 is 68.5 Å². The number of nitrogens with zero attached hydrogens (tertiary/aromatic N) is 10. The van der Waals surface area contributed by atoms with Crippen molar-refractivity contribution in [2.24, 2.45) is 0 Å². The van der Waals surface area contributed by atoms with Gasteiger partial charge in [-0.05, 0) is 57.6 Å². The van der Waals surface area contributed by atoms with Gasteiger partial charge in [0.15, 0.2) is 11.3 Å². The quantitative estimate of drug-likeness (QED) is 0.122. The Labute approximate surface area is 315 Å². The lowest BCUT2D eigenvalue weighted by Gasteiger charge is -2.07. The summed E-state index contributed by atoms with van der Waals surface area (Å²) in [5, 5.41) is 10.8. The van der Waals surface area contributed by atoms with Crippen LogP contribution in [0.2, 0.25) is 20.9 Å². The molecule has 0 aliphatic heterocycles. The van der Waals surface area contributed by atoms with E-state index in [4.69, 9.17) is 46.4 Å². The third-order valence-corrected chi connectivity index (χ3v) is 8.92. The van der Waals surface area contributed by atoms with Gasteiger partial charge < -0.3 is 9.13 Å². The maximum absolute atomic E-state index is 11.8. The van der Waals surface area contributed by atoms with E-state index < -0.39 is 0 Å². The van der Waals surface area contributed by atoms with Crippen molar-refractivity contribution in [2.45, 2.75) is 26.2 Å². The Hall–Kier alpha value is -5.40. The maximum Gasteiger partial charge on any atom is 0.250 e. The minimum absolute atomic E-state index is 0.0172. The van der Waals surface area contributed by atoms with E-state index in [-0.39, 0.29) is 32.0 Å². The first kappa shape index (κ1) is 35.0. The second kappa shape index (κ2) is 15.5. The second-order valence-corrected chi connectivity index (χ2v) is 13.0. The highest BCUT2D eigenvalue weighted by atomic mass is 35.5. The predicted octanol–water partition coefficient (Wildman–Crippen LogP) is 6.78. The molecule has 0 saturated heterocycles. The van der Waals surface area contributed by atoms with Crippen molar-refractivity contribution in [3.8, 4) is 0 Å². The van der Waals surface area contributed by atoms with Gasteiger partial charge in [0.1, 0.15) is 10.3 Å². The second-order valence-electron chi connectivity index (χ2n) is 11.6. The number of fused-ring (bicyclic) bond motifs is 2. The van der Waals surface area contributed by atoms with Crippen LogP contribution in [-0.2, 0) is 26.2 Å². The highest BCUT2D eigenvalue weighted by Crippen LogP contribution is 2.23. The molecule has 8 rings (SSSR count). The molecule has 0 aliphatic carbocycles. The summed E-state index contributed by atoms with van der Waals surface area (Å²) >= 11 is 23.8. The van der Waals surface area contributed by atoms with Gasteiger partial charge in [-0.15, -0.1) is 0 Å². The Morgan fingerprint density at radius 2 is 1.04 bits per heavy atom. The SMILES string of the molecule is O=c1ccccn1Cc1ccc(Cn2cc3c(Cl)nc(Cl)nc3n2)cc1.O=c1ccccn1Cc1ccc(Cn2ncc3c(Cl)nc(Cl)nc32)cc1. The van der Waals surface area contributed by atoms with Gasteiger partial charge in [-0.2, -0.15) is 20.2 Å². The number of halogens is 4. The van der Waals surface area contributed by atoms with Crippen LogP contribution in [0.4, 0.5) is 0 Å². The summed E-state index contributed by atoms with van der Waals surface area (Å²) in [4.78, 5) is 39.7. The fourth-order valence-corrected chi connectivity index (χ4v) is 6.26. The van der Waals surface area contributed by atoms with E-state index in [0.29, 0.717) is 48.2 Å². The molecule has 52 heavy (non-hydrogen) atoms. The van der Waals surface area contributed by atoms with E-state index in [1.807, 2.05) is 60.7 Å². The van der Waals surface area contributed by atoms with Crippen LogP contribution in [0.5, 0.6) is 0 Å². The average Bonchev–Trinajstić information content (AvgIpc) is 3.72. The summed E-state index contributed by atoms with van der Waals surface area (Å²) in [6.07, 6.45) is 6.98. The van der Waals surface area contributed by atoms with Crippen LogP contribution in [-0.4, -0.2) is 48.6 Å². The lowest BCUT2D eigenvalue weighted by atomic mass is 10.1. The third kappa shape index (κ3) is 8.21. The molecule has 8 aromatic rings. The molecule has 0 aliphatic rings. The van der Waals surface area contributed by atoms with Crippen LogP contribution in [0.1, 0.15) is 22.3 Å². The zero-order chi connectivity index (χ0) is 36.2. The molecule has 0 radical (unpaired) electrons. The van der Waals surface area contributed by atoms with Gasteiger partial charge >= 0.3 is 0 Å². The Morgan fingerprint density at radius 3 is 1.60 bits per heavy atom. The summed E-state index contributed by atoms with van der Waals surface area (Å²) in [6, 6.07) is 26.3. The van der Waals surface area contributed by atoms with Crippen molar-refractivity contribution in [2.75, 3.05) is 0 Å². The van der Waals surface area contributed by atoms with E-state index in [9.17, 15) is 9.59 Å². The number of hydrogen-bond acceptors (Lipinski definition) is 8. The largest absolute Gasteiger partial charge is 0.311 e. The third-order valence-electron chi connectivity index (χ3n) is 8.00. The number of hydrogen-bond donors (Lipinski definition) is 0. The standard InChI is InChI=1S/2C18H13Cl2N5O/c19-16-14-9-21-25(17(14)23-18(20)22-16)11-13-6-4-12(5-7-13)10-24-8-2-1-3-15(24)26;19-16-14-11-25(23-17(14)22-18(20)21-16)10-13-6-4-12(5-7-13)9-24-8-2-1-3-15(24)26/h1-9H,10-11H2;1-8,11H,9-10H2. The monoisotopic (exact) mass is 770 g/mol. The zero-order valence-electron chi connectivity index (χ0n) is 27.0. The van der Waals surface area contributed by atoms with Crippen molar-refractivity contribution in [3.63, 3.8) is 0 Å². The van der Waals surface area contributed by atoms with Gasteiger partial charge in [0.05, 0.1) is 43.1 Å². The normalized spacial score (nSPS) is 11.2. The van der Waals surface area contributed by atoms with Gasteiger partial charge in [-0.25, -0.2) is 14.6 Å². The van der Waals surface area contributed by atoms with Gasteiger partial charge in [0, 0.05) is 30.7 Å². The maximum atomic E-state index is 11.8. The number of benzene rings is 2. The van der Waals surface area contributed by atoms with E-state index in [0.717, 1.165) is 22.3 Å². The molecule has 260 valence electrons. The molecule has 0 N–H and O–H groups in total. The van der Waals surface area contributed by atoms with Crippen molar-refractivity contribution in [3.05, 3.63) is 174 Å². The van der Waals surface area contributed by atoms with Crippen molar-refractivity contribution in [1.29, 1.82) is 0 Å². The molecule has 12 nitrogen and oxygen atoms in total. The molecule has 2 aromatic carbocycles. The molecular formula is C36H26Cl4N10O2. The molecule has 6 aromatic heterocycles. The molecule has 0 saturated carbocycles. The molecule has 0 fully saturated rings. The highest BCUT2D eigenvalue weighted by Gasteiger charge is 2.12. The minimum atomic E-state index is -0.0203. The van der Waals surface area contributed by atoms with Crippen LogP contribution >= 0.6 is 46.4 Å². The van der Waals surface area contributed by atoms with Gasteiger partial charge in [-0.3, -0.25) is 14.3 Å². The van der Waals surface area contributed by atoms with E-state index in [1.165, 1.54) is 0 Å². The Balaban J connectivity index is 0.000000162. The summed E-state index contributed by atoms with van der Waals surface area (Å²) < 4.78 is 6.81. The summed E-state index contributed by atoms with van der Waals surface area (Å²) in [7, 11) is 0. The smallest absolute Gasteiger partial charge is 0.250 e. The summed E-state index contributed by atoms with van der Waals surface area (Å²) in [6.45, 7) is 2.16. The molecule has 0 unspecified atom stereocenters. The van der Waals surface area contributed by atoms with Crippen LogP contribution < -0.4 is 11.1 Å². The van der Waals surface area contributed by atoms with E-state index >= 15 is 0 Å². The summed E-state index contributed by atoms with van der Waals surface area (Å²) in [5.41, 5.74) is 5.23. The van der Waals surface area contributed by atoms with Crippen LogP contribution in [0.15, 0.2) is 119 Å². The molecular weight excluding hydrogens is 746 g/mol. The topological polar surface area (TPSA) is 131 Å². The highest BCUT2D eigenvalue weighted by molar-refractivity contribution is 6.36. The van der Waals surface area contributed by atoms with Crippen molar-refractivity contribution in [1.82, 2.24) is 48.6 Å². The predicted molar refractivity (Wildman–Crippen MR) is 201 cm³/mol. The first-order valence-electron chi connectivity index (χ1n) is 15.8. The van der Waals surface area contributed by atoms with Gasteiger partial charge in [0.2, 0.25) is 10.6 Å². The zero-order valence-corrected chi connectivity index (χ0v) is 30.0. The Bertz CT molecular complexity index is 2620. The summed E-state index contributed by atoms with van der Waals surface area (Å²) in [5.74, 6) is 0. The Morgan fingerprint density at radius 1 is 0.538 bits per heavy atom. The van der Waals surface area contributed by atoms with Crippen molar-refractivity contribution < 1.29 is 0 Å². The van der Waals surface area contributed by atoms with Crippen LogP contribution in [0.3, 0.4) is 0 Å². The van der Waals surface area contributed by atoms with Gasteiger partial charge in [0.25, 0.3) is 11.1 Å². The van der Waals surface area contributed by atoms with E-state index in [2.05, 4.69) is 30.1 Å².